The summed E-state index contributed by atoms with van der Waals surface area (Å²) in [5.74, 6) is -0.538. The molecule has 5 heteroatoms. The number of rotatable bonds is 4. The minimum atomic E-state index is -0.480. The summed E-state index contributed by atoms with van der Waals surface area (Å²) in [5, 5.41) is 4.27. The first kappa shape index (κ1) is 13.7. The molecule has 2 rings (SSSR count). The first-order valence-electron chi connectivity index (χ1n) is 6.01. The number of carbonyl (C=O) groups is 1. The van der Waals surface area contributed by atoms with Crippen LogP contribution in [0.3, 0.4) is 0 Å². The molecule has 0 amide bonds. The number of ketones is 1. The van der Waals surface area contributed by atoms with E-state index < -0.39 is 5.82 Å². The van der Waals surface area contributed by atoms with E-state index in [-0.39, 0.29) is 17.2 Å². The Morgan fingerprint density at radius 2 is 2.16 bits per heavy atom. The van der Waals surface area contributed by atoms with Crippen molar-refractivity contribution in [2.75, 3.05) is 0 Å². The van der Waals surface area contributed by atoms with Gasteiger partial charge < -0.3 is 0 Å². The van der Waals surface area contributed by atoms with Gasteiger partial charge in [-0.3, -0.25) is 9.48 Å². The van der Waals surface area contributed by atoms with Crippen LogP contribution in [-0.2, 0) is 19.9 Å². The zero-order chi connectivity index (χ0) is 14.0. The maximum Gasteiger partial charge on any atom is 0.185 e. The van der Waals surface area contributed by atoms with Crippen LogP contribution >= 0.6 is 11.6 Å². The number of Topliss-reactive ketones (excluding diaryl/α,β-unsaturated/α-hetero) is 1. The molecule has 3 nitrogen and oxygen atoms in total. The lowest BCUT2D eigenvalue weighted by atomic mass is 10.1. The monoisotopic (exact) mass is 280 g/mol. The number of benzene rings is 1. The second-order valence-corrected chi connectivity index (χ2v) is 4.75. The Balaban J connectivity index is 2.20. The van der Waals surface area contributed by atoms with Crippen molar-refractivity contribution in [2.45, 2.75) is 19.8 Å². The number of halogens is 2. The second-order valence-electron chi connectivity index (χ2n) is 4.35. The number of nitrogens with zero attached hydrogens (tertiary/aromatic N) is 2. The topological polar surface area (TPSA) is 34.9 Å². The van der Waals surface area contributed by atoms with Crippen LogP contribution in [0.25, 0.3) is 0 Å². The molecule has 1 aromatic heterocycles. The lowest BCUT2D eigenvalue weighted by Gasteiger charge is -2.03. The molecule has 100 valence electrons. The van der Waals surface area contributed by atoms with E-state index in [2.05, 4.69) is 5.10 Å². The van der Waals surface area contributed by atoms with Gasteiger partial charge >= 0.3 is 0 Å². The van der Waals surface area contributed by atoms with Crippen molar-refractivity contribution in [3.05, 3.63) is 52.1 Å². The van der Waals surface area contributed by atoms with Gasteiger partial charge in [-0.25, -0.2) is 4.39 Å². The molecule has 2 aromatic rings. The molecular weight excluding hydrogens is 267 g/mol. The fourth-order valence-corrected chi connectivity index (χ4v) is 2.09. The van der Waals surface area contributed by atoms with Gasteiger partial charge in [-0.2, -0.15) is 5.10 Å². The van der Waals surface area contributed by atoms with Crippen LogP contribution < -0.4 is 0 Å². The Hall–Kier alpha value is -1.68. The van der Waals surface area contributed by atoms with Gasteiger partial charge in [0.1, 0.15) is 11.5 Å². The molecule has 1 heterocycles. The van der Waals surface area contributed by atoms with E-state index in [0.717, 1.165) is 12.1 Å². The molecule has 0 aliphatic heterocycles. The minimum absolute atomic E-state index is 0.0320. The summed E-state index contributed by atoms with van der Waals surface area (Å²) in [6, 6.07) is 6.10. The van der Waals surface area contributed by atoms with E-state index in [1.165, 1.54) is 12.1 Å². The van der Waals surface area contributed by atoms with Gasteiger partial charge in [0.05, 0.1) is 10.7 Å². The van der Waals surface area contributed by atoms with E-state index in [0.29, 0.717) is 11.3 Å². The van der Waals surface area contributed by atoms with Crippen molar-refractivity contribution in [3.8, 4) is 0 Å². The summed E-state index contributed by atoms with van der Waals surface area (Å²) < 4.78 is 14.6. The van der Waals surface area contributed by atoms with Crippen LogP contribution in [0, 0.1) is 5.82 Å². The van der Waals surface area contributed by atoms with Gasteiger partial charge in [0.25, 0.3) is 0 Å². The van der Waals surface area contributed by atoms with Gasteiger partial charge in [-0.15, -0.1) is 0 Å². The van der Waals surface area contributed by atoms with Crippen LogP contribution in [0.5, 0.6) is 0 Å². The zero-order valence-electron chi connectivity index (χ0n) is 10.8. The quantitative estimate of drug-likeness (QED) is 0.806. The first-order valence-corrected chi connectivity index (χ1v) is 6.39. The highest BCUT2D eigenvalue weighted by Gasteiger charge is 2.14. The minimum Gasteiger partial charge on any atom is -0.292 e. The molecule has 0 saturated carbocycles. The Kier molecular flexibility index (Phi) is 4.00. The predicted octanol–water partition coefficient (Wildman–Crippen LogP) is 3.20. The van der Waals surface area contributed by atoms with Crippen molar-refractivity contribution in [2.24, 2.45) is 7.05 Å². The summed E-state index contributed by atoms with van der Waals surface area (Å²) in [6.45, 7) is 1.98. The van der Waals surface area contributed by atoms with Gasteiger partial charge in [-0.05, 0) is 30.2 Å². The molecule has 0 N–H and O–H groups in total. The van der Waals surface area contributed by atoms with Gasteiger partial charge in [0.2, 0.25) is 0 Å². The molecule has 0 aliphatic rings. The molecule has 0 unspecified atom stereocenters. The van der Waals surface area contributed by atoms with Crippen LogP contribution in [0.15, 0.2) is 24.3 Å². The van der Waals surface area contributed by atoms with Crippen molar-refractivity contribution >= 4 is 17.4 Å². The molecule has 0 aliphatic carbocycles. The summed E-state index contributed by atoms with van der Waals surface area (Å²) in [7, 11) is 1.74. The molecule has 0 saturated heterocycles. The van der Waals surface area contributed by atoms with Crippen molar-refractivity contribution in [1.82, 2.24) is 9.78 Å². The maximum absolute atomic E-state index is 13.0. The lowest BCUT2D eigenvalue weighted by molar-refractivity contribution is 0.0984. The summed E-state index contributed by atoms with van der Waals surface area (Å²) in [6.07, 6.45) is 0.964. The van der Waals surface area contributed by atoms with E-state index in [4.69, 9.17) is 11.6 Å². The van der Waals surface area contributed by atoms with Gasteiger partial charge in [0.15, 0.2) is 5.78 Å². The molecule has 0 atom stereocenters. The number of hydrogen-bond acceptors (Lipinski definition) is 2. The largest absolute Gasteiger partial charge is 0.292 e. The molecule has 19 heavy (non-hydrogen) atoms. The molecule has 0 spiro atoms. The summed E-state index contributed by atoms with van der Waals surface area (Å²) >= 11 is 5.70. The highest BCUT2D eigenvalue weighted by atomic mass is 35.5. The standard InChI is InChI=1S/C14H14ClFN2O/c1-3-10-8-13(18(2)17-10)14(19)7-9-4-5-12(16)11(15)6-9/h4-6,8H,3,7H2,1-2H3. The number of hydrogen-bond donors (Lipinski definition) is 0. The highest BCUT2D eigenvalue weighted by Crippen LogP contribution is 2.17. The summed E-state index contributed by atoms with van der Waals surface area (Å²) in [4.78, 5) is 12.2. The Morgan fingerprint density at radius 1 is 1.42 bits per heavy atom. The number of aryl methyl sites for hydroxylation is 2. The van der Waals surface area contributed by atoms with Crippen molar-refractivity contribution in [1.29, 1.82) is 0 Å². The highest BCUT2D eigenvalue weighted by molar-refractivity contribution is 6.30. The molecule has 1 aromatic carbocycles. The van der Waals surface area contributed by atoms with Crippen LogP contribution in [0.1, 0.15) is 28.7 Å². The third-order valence-corrected chi connectivity index (χ3v) is 3.22. The molecule has 0 bridgehead atoms. The maximum atomic E-state index is 13.0. The fourth-order valence-electron chi connectivity index (χ4n) is 1.89. The number of carbonyl (C=O) groups excluding carboxylic acids is 1. The molecule has 0 fully saturated rings. The number of aromatic nitrogens is 2. The first-order chi connectivity index (χ1) is 9.01. The smallest absolute Gasteiger partial charge is 0.185 e. The Bertz CT molecular complexity index is 622. The van der Waals surface area contributed by atoms with E-state index in [1.807, 2.05) is 6.92 Å². The van der Waals surface area contributed by atoms with E-state index >= 15 is 0 Å². The predicted molar refractivity (Wildman–Crippen MR) is 72.0 cm³/mol. The summed E-state index contributed by atoms with van der Waals surface area (Å²) in [5.41, 5.74) is 2.12. The van der Waals surface area contributed by atoms with Crippen molar-refractivity contribution < 1.29 is 9.18 Å². The van der Waals surface area contributed by atoms with Crippen LogP contribution in [-0.4, -0.2) is 15.6 Å². The Labute approximate surface area is 116 Å². The third-order valence-electron chi connectivity index (χ3n) is 2.93. The van der Waals surface area contributed by atoms with E-state index in [9.17, 15) is 9.18 Å². The normalized spacial score (nSPS) is 10.7. The zero-order valence-corrected chi connectivity index (χ0v) is 11.5. The molecule has 0 radical (unpaired) electrons. The average Bonchev–Trinajstić information content (AvgIpc) is 2.75. The van der Waals surface area contributed by atoms with Crippen LogP contribution in [0.4, 0.5) is 4.39 Å². The second kappa shape index (κ2) is 5.53. The third kappa shape index (κ3) is 3.01. The Morgan fingerprint density at radius 3 is 2.74 bits per heavy atom. The van der Waals surface area contributed by atoms with E-state index in [1.54, 1.807) is 23.9 Å². The lowest BCUT2D eigenvalue weighted by Crippen LogP contribution is -2.09. The average molecular weight is 281 g/mol. The SMILES string of the molecule is CCc1cc(C(=O)Cc2ccc(F)c(Cl)c2)n(C)n1. The van der Waals surface area contributed by atoms with Gasteiger partial charge in [-0.1, -0.05) is 24.6 Å². The fraction of sp³-hybridized carbons (Fsp3) is 0.286. The van der Waals surface area contributed by atoms with Gasteiger partial charge in [0, 0.05) is 13.5 Å². The van der Waals surface area contributed by atoms with Crippen molar-refractivity contribution in [3.63, 3.8) is 0 Å². The molecular formula is C14H14ClFN2O. The van der Waals surface area contributed by atoms with Crippen LogP contribution in [0.2, 0.25) is 5.02 Å².